The molecule has 0 amide bonds. The Labute approximate surface area is 108 Å². The van der Waals surface area contributed by atoms with Crippen molar-refractivity contribution in [3.8, 4) is 22.8 Å². The van der Waals surface area contributed by atoms with Crippen molar-refractivity contribution in [1.29, 1.82) is 0 Å². The molecular weight excluding hydrogens is 248 g/mol. The molecule has 2 heterocycles. The molecule has 0 aliphatic carbocycles. The van der Waals surface area contributed by atoms with Gasteiger partial charge in [-0.15, -0.1) is 0 Å². The van der Waals surface area contributed by atoms with Crippen LogP contribution in [0.3, 0.4) is 0 Å². The summed E-state index contributed by atoms with van der Waals surface area (Å²) in [5, 5.41) is 7.28. The maximum absolute atomic E-state index is 5.25. The van der Waals surface area contributed by atoms with Crippen LogP contribution in [0.1, 0.15) is 0 Å². The first kappa shape index (κ1) is 11.4. The van der Waals surface area contributed by atoms with Gasteiger partial charge in [-0.25, -0.2) is 14.6 Å². The summed E-state index contributed by atoms with van der Waals surface area (Å²) < 4.78 is 15.0. The quantitative estimate of drug-likeness (QED) is 0.706. The van der Waals surface area contributed by atoms with Crippen molar-refractivity contribution < 1.29 is 14.1 Å². The van der Waals surface area contributed by atoms with Crippen molar-refractivity contribution in [2.24, 2.45) is 0 Å². The summed E-state index contributed by atoms with van der Waals surface area (Å²) in [5.41, 5.74) is 2.25. The van der Waals surface area contributed by atoms with Crippen LogP contribution in [0.4, 0.5) is 0 Å². The van der Waals surface area contributed by atoms with Gasteiger partial charge in [-0.1, -0.05) is 0 Å². The Kier molecular flexibility index (Phi) is 2.71. The lowest BCUT2D eigenvalue weighted by Crippen LogP contribution is -1.92. The van der Waals surface area contributed by atoms with E-state index in [1.165, 1.54) is 0 Å². The molecule has 0 spiro atoms. The van der Waals surface area contributed by atoms with Gasteiger partial charge in [0.1, 0.15) is 0 Å². The van der Waals surface area contributed by atoms with Gasteiger partial charge < -0.3 is 9.47 Å². The molecule has 7 nitrogen and oxygen atoms in total. The molecule has 0 fully saturated rings. The van der Waals surface area contributed by atoms with E-state index in [2.05, 4.69) is 24.9 Å². The van der Waals surface area contributed by atoms with Crippen LogP contribution in [-0.2, 0) is 0 Å². The SMILES string of the molecule is COc1ccc(-c2cnc3nonc3n2)cc1OC. The second-order valence-corrected chi connectivity index (χ2v) is 3.74. The molecule has 0 unspecified atom stereocenters. The second kappa shape index (κ2) is 4.52. The molecule has 19 heavy (non-hydrogen) atoms. The third-order valence-corrected chi connectivity index (χ3v) is 2.67. The number of ether oxygens (including phenoxy) is 2. The van der Waals surface area contributed by atoms with E-state index in [0.717, 1.165) is 5.56 Å². The van der Waals surface area contributed by atoms with Gasteiger partial charge in [0.05, 0.1) is 26.1 Å². The fraction of sp³-hybridized carbons (Fsp3) is 0.167. The molecule has 3 aromatic rings. The average molecular weight is 258 g/mol. The summed E-state index contributed by atoms with van der Waals surface area (Å²) >= 11 is 0. The van der Waals surface area contributed by atoms with Crippen LogP contribution in [0.15, 0.2) is 29.0 Å². The topological polar surface area (TPSA) is 83.2 Å². The standard InChI is InChI=1S/C12H10N4O3/c1-17-9-4-3-7(5-10(9)18-2)8-6-13-11-12(14-8)16-19-15-11/h3-6H,1-2H3. The molecule has 0 radical (unpaired) electrons. The minimum atomic E-state index is 0.368. The number of hydrogen-bond donors (Lipinski definition) is 0. The van der Waals surface area contributed by atoms with Gasteiger partial charge in [0.15, 0.2) is 11.5 Å². The van der Waals surface area contributed by atoms with Crippen LogP contribution in [0.5, 0.6) is 11.5 Å². The minimum absolute atomic E-state index is 0.368. The Bertz CT molecular complexity index is 726. The van der Waals surface area contributed by atoms with E-state index < -0.39 is 0 Å². The van der Waals surface area contributed by atoms with E-state index in [1.807, 2.05) is 12.1 Å². The monoisotopic (exact) mass is 258 g/mol. The Hall–Kier alpha value is -2.70. The normalized spacial score (nSPS) is 10.6. The summed E-state index contributed by atoms with van der Waals surface area (Å²) in [6.07, 6.45) is 1.60. The number of fused-ring (bicyclic) bond motifs is 1. The Morgan fingerprint density at radius 1 is 1.00 bits per heavy atom. The molecule has 0 aliphatic rings. The first-order valence-electron chi connectivity index (χ1n) is 5.49. The highest BCUT2D eigenvalue weighted by Gasteiger charge is 2.10. The van der Waals surface area contributed by atoms with Crippen LogP contribution in [0, 0.1) is 0 Å². The Morgan fingerprint density at radius 3 is 2.58 bits per heavy atom. The molecule has 96 valence electrons. The van der Waals surface area contributed by atoms with Crippen molar-refractivity contribution >= 4 is 11.3 Å². The van der Waals surface area contributed by atoms with E-state index in [0.29, 0.717) is 28.5 Å². The molecule has 0 saturated carbocycles. The minimum Gasteiger partial charge on any atom is -0.493 e. The Morgan fingerprint density at radius 2 is 1.79 bits per heavy atom. The van der Waals surface area contributed by atoms with Crippen LogP contribution in [0.25, 0.3) is 22.6 Å². The highest BCUT2D eigenvalue weighted by Crippen LogP contribution is 2.31. The zero-order valence-electron chi connectivity index (χ0n) is 10.3. The molecule has 0 bridgehead atoms. The lowest BCUT2D eigenvalue weighted by molar-refractivity contribution is 0.314. The van der Waals surface area contributed by atoms with Gasteiger partial charge in [0.25, 0.3) is 0 Å². The first-order valence-corrected chi connectivity index (χ1v) is 5.49. The number of nitrogens with zero attached hydrogens (tertiary/aromatic N) is 4. The third kappa shape index (κ3) is 1.95. The fourth-order valence-corrected chi connectivity index (χ4v) is 1.73. The van der Waals surface area contributed by atoms with Gasteiger partial charge in [0, 0.05) is 5.56 Å². The van der Waals surface area contributed by atoms with E-state index in [-0.39, 0.29) is 0 Å². The van der Waals surface area contributed by atoms with Crippen LogP contribution in [0.2, 0.25) is 0 Å². The van der Waals surface area contributed by atoms with Gasteiger partial charge in [-0.3, -0.25) is 0 Å². The smallest absolute Gasteiger partial charge is 0.243 e. The summed E-state index contributed by atoms with van der Waals surface area (Å²) in [5.74, 6) is 1.28. The Balaban J connectivity index is 2.09. The van der Waals surface area contributed by atoms with Gasteiger partial charge in [0.2, 0.25) is 11.3 Å². The molecule has 0 saturated heterocycles. The van der Waals surface area contributed by atoms with E-state index in [9.17, 15) is 0 Å². The van der Waals surface area contributed by atoms with Crippen LogP contribution in [-0.4, -0.2) is 34.5 Å². The molecule has 2 aromatic heterocycles. The van der Waals surface area contributed by atoms with Crippen LogP contribution >= 0.6 is 0 Å². The average Bonchev–Trinajstić information content (AvgIpc) is 2.93. The predicted molar refractivity (Wildman–Crippen MR) is 65.9 cm³/mol. The first-order chi connectivity index (χ1) is 9.31. The molecule has 3 rings (SSSR count). The highest BCUT2D eigenvalue weighted by atomic mass is 16.6. The molecule has 0 aliphatic heterocycles. The van der Waals surface area contributed by atoms with Crippen molar-refractivity contribution in [1.82, 2.24) is 20.3 Å². The van der Waals surface area contributed by atoms with Gasteiger partial charge >= 0.3 is 0 Å². The van der Waals surface area contributed by atoms with Gasteiger partial charge in [-0.05, 0) is 28.5 Å². The van der Waals surface area contributed by atoms with Crippen molar-refractivity contribution in [2.45, 2.75) is 0 Å². The highest BCUT2D eigenvalue weighted by molar-refractivity contribution is 5.70. The van der Waals surface area contributed by atoms with Crippen molar-refractivity contribution in [2.75, 3.05) is 14.2 Å². The maximum atomic E-state index is 5.25. The largest absolute Gasteiger partial charge is 0.493 e. The molecule has 7 heteroatoms. The number of rotatable bonds is 3. The summed E-state index contributed by atoms with van der Waals surface area (Å²) in [7, 11) is 3.17. The van der Waals surface area contributed by atoms with Crippen LogP contribution < -0.4 is 9.47 Å². The van der Waals surface area contributed by atoms with E-state index in [1.54, 1.807) is 26.5 Å². The van der Waals surface area contributed by atoms with Gasteiger partial charge in [-0.2, -0.15) is 0 Å². The molecule has 0 atom stereocenters. The summed E-state index contributed by atoms with van der Waals surface area (Å²) in [4.78, 5) is 8.42. The number of methoxy groups -OCH3 is 2. The van der Waals surface area contributed by atoms with E-state index in [4.69, 9.17) is 9.47 Å². The number of aromatic nitrogens is 4. The molecular formula is C12H10N4O3. The molecule has 1 aromatic carbocycles. The van der Waals surface area contributed by atoms with Crippen molar-refractivity contribution in [3.63, 3.8) is 0 Å². The summed E-state index contributed by atoms with van der Waals surface area (Å²) in [6, 6.07) is 5.49. The zero-order chi connectivity index (χ0) is 13.2. The predicted octanol–water partition coefficient (Wildman–Crippen LogP) is 1.70. The van der Waals surface area contributed by atoms with E-state index >= 15 is 0 Å². The third-order valence-electron chi connectivity index (χ3n) is 2.67. The molecule has 0 N–H and O–H groups in total. The van der Waals surface area contributed by atoms with Crippen molar-refractivity contribution in [3.05, 3.63) is 24.4 Å². The lowest BCUT2D eigenvalue weighted by Gasteiger charge is -2.08. The number of hydrogen-bond acceptors (Lipinski definition) is 7. The lowest BCUT2D eigenvalue weighted by atomic mass is 10.1. The summed E-state index contributed by atoms with van der Waals surface area (Å²) in [6.45, 7) is 0. The maximum Gasteiger partial charge on any atom is 0.243 e. The second-order valence-electron chi connectivity index (χ2n) is 3.74. The number of benzene rings is 1. The zero-order valence-corrected chi connectivity index (χ0v) is 10.3. The fourth-order valence-electron chi connectivity index (χ4n) is 1.73.